The lowest BCUT2D eigenvalue weighted by Crippen LogP contribution is -2.38. The zero-order chi connectivity index (χ0) is 19.6. The van der Waals surface area contributed by atoms with E-state index in [0.717, 1.165) is 0 Å². The van der Waals surface area contributed by atoms with Gasteiger partial charge < -0.3 is 14.6 Å². The molecule has 1 atom stereocenters. The highest BCUT2D eigenvalue weighted by Crippen LogP contribution is 2.17. The van der Waals surface area contributed by atoms with Crippen molar-refractivity contribution in [1.82, 2.24) is 14.9 Å². The molecule has 140 valence electrons. The maximum absolute atomic E-state index is 12.6. The minimum absolute atomic E-state index is 0.0737. The SMILES string of the molecule is CC(=O)c1cccc(OC(C)C(=O)N(C)Cc2nc3ccsc3c(=O)[nH]2)c1. The summed E-state index contributed by atoms with van der Waals surface area (Å²) in [5, 5.41) is 1.80. The Morgan fingerprint density at radius 2 is 2.11 bits per heavy atom. The van der Waals surface area contributed by atoms with E-state index >= 15 is 0 Å². The largest absolute Gasteiger partial charge is 0.481 e. The molecule has 3 rings (SSSR count). The van der Waals surface area contributed by atoms with Crippen molar-refractivity contribution in [3.8, 4) is 5.75 Å². The molecule has 1 aromatic carbocycles. The van der Waals surface area contributed by atoms with Gasteiger partial charge in [-0.25, -0.2) is 4.98 Å². The van der Waals surface area contributed by atoms with E-state index in [2.05, 4.69) is 9.97 Å². The van der Waals surface area contributed by atoms with Crippen LogP contribution in [0.3, 0.4) is 0 Å². The Kier molecular flexibility index (Phi) is 5.36. The molecule has 0 aliphatic carbocycles. The molecule has 8 heteroatoms. The Balaban J connectivity index is 1.69. The van der Waals surface area contributed by atoms with E-state index < -0.39 is 6.10 Å². The zero-order valence-corrected chi connectivity index (χ0v) is 16.0. The number of hydrogen-bond acceptors (Lipinski definition) is 6. The summed E-state index contributed by atoms with van der Waals surface area (Å²) in [6, 6.07) is 8.47. The van der Waals surface area contributed by atoms with Crippen LogP contribution >= 0.6 is 11.3 Å². The second-order valence-corrected chi connectivity index (χ2v) is 7.10. The van der Waals surface area contributed by atoms with Gasteiger partial charge in [-0.15, -0.1) is 11.3 Å². The highest BCUT2D eigenvalue weighted by Gasteiger charge is 2.20. The van der Waals surface area contributed by atoms with E-state index in [4.69, 9.17) is 4.74 Å². The summed E-state index contributed by atoms with van der Waals surface area (Å²) in [5.74, 6) is 0.516. The zero-order valence-electron chi connectivity index (χ0n) is 15.2. The van der Waals surface area contributed by atoms with Crippen LogP contribution in [0.1, 0.15) is 30.0 Å². The molecule has 1 N–H and O–H groups in total. The molecule has 0 aliphatic rings. The van der Waals surface area contributed by atoms with Crippen molar-refractivity contribution in [2.24, 2.45) is 0 Å². The minimum atomic E-state index is -0.756. The summed E-state index contributed by atoms with van der Waals surface area (Å²) in [7, 11) is 1.62. The average molecular weight is 385 g/mol. The van der Waals surface area contributed by atoms with Crippen LogP contribution < -0.4 is 10.3 Å². The molecular formula is C19H19N3O4S. The summed E-state index contributed by atoms with van der Waals surface area (Å²) in [5.41, 5.74) is 0.924. The van der Waals surface area contributed by atoms with Gasteiger partial charge in [-0.05, 0) is 37.4 Å². The van der Waals surface area contributed by atoms with Crippen LogP contribution in [-0.4, -0.2) is 39.7 Å². The van der Waals surface area contributed by atoms with Crippen molar-refractivity contribution >= 4 is 33.2 Å². The van der Waals surface area contributed by atoms with Crippen molar-refractivity contribution in [3.05, 3.63) is 57.5 Å². The van der Waals surface area contributed by atoms with Gasteiger partial charge in [0.25, 0.3) is 11.5 Å². The third-order valence-electron chi connectivity index (χ3n) is 4.03. The van der Waals surface area contributed by atoms with E-state index in [0.29, 0.717) is 27.4 Å². The van der Waals surface area contributed by atoms with Crippen LogP contribution in [0, 0.1) is 0 Å². The number of Topliss-reactive ketones (excluding diaryl/α,β-unsaturated/α-hetero) is 1. The van der Waals surface area contributed by atoms with Gasteiger partial charge in [-0.3, -0.25) is 14.4 Å². The fourth-order valence-electron chi connectivity index (χ4n) is 2.65. The third kappa shape index (κ3) is 4.22. The van der Waals surface area contributed by atoms with Crippen LogP contribution in [0.2, 0.25) is 0 Å². The predicted octanol–water partition coefficient (Wildman–Crippen LogP) is 2.61. The van der Waals surface area contributed by atoms with Crippen LogP contribution in [0.25, 0.3) is 10.2 Å². The van der Waals surface area contributed by atoms with E-state index in [1.54, 1.807) is 49.7 Å². The maximum atomic E-state index is 12.6. The number of aromatic nitrogens is 2. The Bertz CT molecular complexity index is 1060. The second-order valence-electron chi connectivity index (χ2n) is 6.19. The number of ketones is 1. The summed E-state index contributed by atoms with van der Waals surface area (Å²) in [6.45, 7) is 3.26. The summed E-state index contributed by atoms with van der Waals surface area (Å²) >= 11 is 1.33. The van der Waals surface area contributed by atoms with Gasteiger partial charge in [0.2, 0.25) is 0 Å². The summed E-state index contributed by atoms with van der Waals surface area (Å²) in [6.07, 6.45) is -0.756. The van der Waals surface area contributed by atoms with Crippen molar-refractivity contribution in [1.29, 1.82) is 0 Å². The number of benzene rings is 1. The fourth-order valence-corrected chi connectivity index (χ4v) is 3.38. The number of thiophene rings is 1. The number of likely N-dealkylation sites (N-methyl/N-ethyl adjacent to an activating group) is 1. The first-order valence-electron chi connectivity index (χ1n) is 8.34. The molecule has 1 amide bonds. The fraction of sp³-hybridized carbons (Fsp3) is 0.263. The molecule has 27 heavy (non-hydrogen) atoms. The van der Waals surface area contributed by atoms with Crippen LogP contribution in [0.4, 0.5) is 0 Å². The number of ether oxygens (including phenoxy) is 1. The van der Waals surface area contributed by atoms with Gasteiger partial charge in [0, 0.05) is 12.6 Å². The van der Waals surface area contributed by atoms with Crippen molar-refractivity contribution in [2.45, 2.75) is 26.5 Å². The Morgan fingerprint density at radius 3 is 2.85 bits per heavy atom. The summed E-state index contributed by atoms with van der Waals surface area (Å²) in [4.78, 5) is 44.6. The smallest absolute Gasteiger partial charge is 0.268 e. The molecule has 0 saturated carbocycles. The number of nitrogens with one attached hydrogen (secondary N) is 1. The van der Waals surface area contributed by atoms with Crippen LogP contribution in [0.5, 0.6) is 5.75 Å². The van der Waals surface area contributed by atoms with E-state index in [1.807, 2.05) is 0 Å². The summed E-state index contributed by atoms with van der Waals surface area (Å²) < 4.78 is 6.24. The van der Waals surface area contributed by atoms with Crippen molar-refractivity contribution in [3.63, 3.8) is 0 Å². The third-order valence-corrected chi connectivity index (χ3v) is 4.93. The molecule has 3 aromatic rings. The minimum Gasteiger partial charge on any atom is -0.481 e. The number of carbonyl (C=O) groups excluding carboxylic acids is 2. The topological polar surface area (TPSA) is 92.4 Å². The molecule has 7 nitrogen and oxygen atoms in total. The van der Waals surface area contributed by atoms with E-state index in [9.17, 15) is 14.4 Å². The van der Waals surface area contributed by atoms with Crippen LogP contribution in [0.15, 0.2) is 40.5 Å². The number of aromatic amines is 1. The first-order valence-corrected chi connectivity index (χ1v) is 9.22. The first kappa shape index (κ1) is 18.8. The van der Waals surface area contributed by atoms with Gasteiger partial charge in [-0.1, -0.05) is 12.1 Å². The Labute approximate surface area is 159 Å². The molecule has 0 spiro atoms. The van der Waals surface area contributed by atoms with E-state index in [1.165, 1.54) is 23.2 Å². The number of carbonyl (C=O) groups is 2. The lowest BCUT2D eigenvalue weighted by Gasteiger charge is -2.22. The lowest BCUT2D eigenvalue weighted by molar-refractivity contribution is -0.137. The van der Waals surface area contributed by atoms with Crippen LogP contribution in [-0.2, 0) is 11.3 Å². The number of amides is 1. The van der Waals surface area contributed by atoms with Gasteiger partial charge >= 0.3 is 0 Å². The molecule has 0 saturated heterocycles. The molecule has 0 bridgehead atoms. The molecule has 2 heterocycles. The van der Waals surface area contributed by atoms with Gasteiger partial charge in [0.15, 0.2) is 11.9 Å². The average Bonchev–Trinajstić information content (AvgIpc) is 3.10. The molecule has 2 aromatic heterocycles. The Morgan fingerprint density at radius 1 is 1.33 bits per heavy atom. The molecule has 0 aliphatic heterocycles. The number of fused-ring (bicyclic) bond motifs is 1. The number of H-pyrrole nitrogens is 1. The highest BCUT2D eigenvalue weighted by molar-refractivity contribution is 7.17. The number of nitrogens with zero attached hydrogens (tertiary/aromatic N) is 2. The predicted molar refractivity (Wildman–Crippen MR) is 103 cm³/mol. The molecule has 1 unspecified atom stereocenters. The number of rotatable bonds is 6. The lowest BCUT2D eigenvalue weighted by atomic mass is 10.1. The molecular weight excluding hydrogens is 366 g/mol. The van der Waals surface area contributed by atoms with Gasteiger partial charge in [0.1, 0.15) is 16.3 Å². The van der Waals surface area contributed by atoms with Crippen molar-refractivity contribution < 1.29 is 14.3 Å². The monoisotopic (exact) mass is 385 g/mol. The van der Waals surface area contributed by atoms with Gasteiger partial charge in [0.05, 0.1) is 12.1 Å². The number of hydrogen-bond donors (Lipinski definition) is 1. The second kappa shape index (κ2) is 7.71. The standard InChI is InChI=1S/C19H19N3O4S/c1-11(23)13-5-4-6-14(9-13)26-12(2)19(25)22(3)10-16-20-15-7-8-27-17(15)18(24)21-16/h4-9,12H,10H2,1-3H3,(H,20,21,24). The maximum Gasteiger partial charge on any atom is 0.268 e. The molecule has 0 radical (unpaired) electrons. The van der Waals surface area contributed by atoms with Gasteiger partial charge in [-0.2, -0.15) is 0 Å². The Hall–Kier alpha value is -3.00. The normalized spacial score (nSPS) is 12.0. The first-order chi connectivity index (χ1) is 12.8. The van der Waals surface area contributed by atoms with E-state index in [-0.39, 0.29) is 23.8 Å². The quantitative estimate of drug-likeness (QED) is 0.659. The van der Waals surface area contributed by atoms with Crippen molar-refractivity contribution in [2.75, 3.05) is 7.05 Å². The molecule has 0 fully saturated rings. The highest BCUT2D eigenvalue weighted by atomic mass is 32.1.